The van der Waals surface area contributed by atoms with Crippen molar-refractivity contribution in [2.45, 2.75) is 31.2 Å². The number of rotatable bonds is 5. The normalized spacial score (nSPS) is 12.9. The van der Waals surface area contributed by atoms with E-state index in [1.165, 1.54) is 10.5 Å². The average molecular weight is 292 g/mol. The Balaban J connectivity index is 2.15. The summed E-state index contributed by atoms with van der Waals surface area (Å²) in [5.74, 6) is 0.598. The Morgan fingerprint density at radius 2 is 1.95 bits per heavy atom. The van der Waals surface area contributed by atoms with Crippen molar-refractivity contribution < 1.29 is 0 Å². The van der Waals surface area contributed by atoms with E-state index in [1.54, 1.807) is 23.1 Å². The van der Waals surface area contributed by atoms with Crippen molar-refractivity contribution >= 4 is 23.1 Å². The van der Waals surface area contributed by atoms with Crippen LogP contribution < -0.4 is 5.73 Å². The second-order valence-corrected chi connectivity index (χ2v) is 6.78. The molecule has 0 saturated carbocycles. The van der Waals surface area contributed by atoms with Gasteiger partial charge in [0, 0.05) is 21.9 Å². The van der Waals surface area contributed by atoms with E-state index < -0.39 is 0 Å². The Hall–Kier alpha value is -0.840. The van der Waals surface area contributed by atoms with Crippen molar-refractivity contribution in [3.63, 3.8) is 0 Å². The van der Waals surface area contributed by atoms with Crippen molar-refractivity contribution in [3.8, 4) is 10.6 Å². The van der Waals surface area contributed by atoms with Gasteiger partial charge >= 0.3 is 0 Å². The monoisotopic (exact) mass is 292 g/mol. The third kappa shape index (κ3) is 3.81. The SMILES string of the molecule is CSc1ccc(-c2nc(C(N)CC(C)C)cs2)cc1. The van der Waals surface area contributed by atoms with E-state index in [-0.39, 0.29) is 6.04 Å². The van der Waals surface area contributed by atoms with Gasteiger partial charge in [-0.15, -0.1) is 23.1 Å². The molecule has 0 aliphatic rings. The topological polar surface area (TPSA) is 38.9 Å². The van der Waals surface area contributed by atoms with Crippen molar-refractivity contribution in [3.05, 3.63) is 35.3 Å². The summed E-state index contributed by atoms with van der Waals surface area (Å²) in [5.41, 5.74) is 8.36. The molecule has 1 aromatic heterocycles. The van der Waals surface area contributed by atoms with Gasteiger partial charge in [0.2, 0.25) is 0 Å². The van der Waals surface area contributed by atoms with Gasteiger partial charge in [0.1, 0.15) is 5.01 Å². The molecule has 2 aromatic rings. The fourth-order valence-electron chi connectivity index (χ4n) is 1.95. The van der Waals surface area contributed by atoms with E-state index in [2.05, 4.69) is 54.7 Å². The fraction of sp³-hybridized carbons (Fsp3) is 0.400. The van der Waals surface area contributed by atoms with Crippen LogP contribution in [0.5, 0.6) is 0 Å². The lowest BCUT2D eigenvalue weighted by Crippen LogP contribution is -2.13. The molecule has 2 nitrogen and oxygen atoms in total. The van der Waals surface area contributed by atoms with Crippen LogP contribution in [-0.4, -0.2) is 11.2 Å². The molecule has 1 atom stereocenters. The molecule has 1 heterocycles. The van der Waals surface area contributed by atoms with E-state index in [1.807, 2.05) is 0 Å². The van der Waals surface area contributed by atoms with Gasteiger partial charge in [-0.2, -0.15) is 0 Å². The molecule has 2 N–H and O–H groups in total. The first kappa shape index (κ1) is 14.6. The molecule has 0 spiro atoms. The Morgan fingerprint density at radius 3 is 2.53 bits per heavy atom. The molecule has 0 saturated heterocycles. The number of thioether (sulfide) groups is 1. The number of nitrogens with two attached hydrogens (primary N) is 1. The first-order chi connectivity index (χ1) is 9.10. The van der Waals surface area contributed by atoms with E-state index in [9.17, 15) is 0 Å². The number of aromatic nitrogens is 1. The van der Waals surface area contributed by atoms with Gasteiger partial charge < -0.3 is 5.73 Å². The number of nitrogens with zero attached hydrogens (tertiary/aromatic N) is 1. The highest BCUT2D eigenvalue weighted by atomic mass is 32.2. The Labute approximate surface area is 123 Å². The molecule has 0 aliphatic carbocycles. The summed E-state index contributed by atoms with van der Waals surface area (Å²) in [6, 6.07) is 8.57. The standard InChI is InChI=1S/C15H20N2S2/c1-10(2)8-13(16)14-9-19-15(17-14)11-4-6-12(18-3)7-5-11/h4-7,9-10,13H,8,16H2,1-3H3. The van der Waals surface area contributed by atoms with Gasteiger partial charge in [-0.1, -0.05) is 26.0 Å². The fourth-order valence-corrected chi connectivity index (χ4v) is 3.25. The summed E-state index contributed by atoms with van der Waals surface area (Å²) in [6.07, 6.45) is 3.07. The first-order valence-electron chi connectivity index (χ1n) is 6.45. The Kier molecular flexibility index (Phi) is 5.02. The van der Waals surface area contributed by atoms with Gasteiger partial charge in [0.05, 0.1) is 5.69 Å². The van der Waals surface area contributed by atoms with Crippen LogP contribution in [0.15, 0.2) is 34.5 Å². The third-order valence-electron chi connectivity index (χ3n) is 2.96. The zero-order valence-electron chi connectivity index (χ0n) is 11.6. The van der Waals surface area contributed by atoms with Crippen molar-refractivity contribution in [1.29, 1.82) is 0 Å². The lowest BCUT2D eigenvalue weighted by atomic mass is 10.0. The van der Waals surface area contributed by atoms with Gasteiger partial charge in [-0.05, 0) is 30.7 Å². The molecule has 0 radical (unpaired) electrons. The number of hydrogen-bond acceptors (Lipinski definition) is 4. The minimum atomic E-state index is 0.0514. The van der Waals surface area contributed by atoms with Crippen LogP contribution in [0.3, 0.4) is 0 Å². The summed E-state index contributed by atoms with van der Waals surface area (Å²) in [4.78, 5) is 5.95. The zero-order chi connectivity index (χ0) is 13.8. The molecule has 1 unspecified atom stereocenters. The van der Waals surface area contributed by atoms with Crippen LogP contribution in [0, 0.1) is 5.92 Å². The molecule has 0 aliphatic heterocycles. The van der Waals surface area contributed by atoms with E-state index in [0.29, 0.717) is 5.92 Å². The van der Waals surface area contributed by atoms with Crippen LogP contribution >= 0.6 is 23.1 Å². The average Bonchev–Trinajstić information content (AvgIpc) is 2.88. The molecule has 0 amide bonds. The highest BCUT2D eigenvalue weighted by molar-refractivity contribution is 7.98. The number of benzene rings is 1. The predicted octanol–water partition coefficient (Wildman–Crippen LogP) is 4.58. The van der Waals surface area contributed by atoms with Crippen molar-refractivity contribution in [2.24, 2.45) is 11.7 Å². The quantitative estimate of drug-likeness (QED) is 0.820. The zero-order valence-corrected chi connectivity index (χ0v) is 13.2. The lowest BCUT2D eigenvalue weighted by Gasteiger charge is -2.10. The van der Waals surface area contributed by atoms with E-state index in [0.717, 1.165) is 17.1 Å². The molecule has 0 bridgehead atoms. The van der Waals surface area contributed by atoms with Crippen LogP contribution in [0.4, 0.5) is 0 Å². The van der Waals surface area contributed by atoms with Gasteiger partial charge in [-0.25, -0.2) is 4.98 Å². The smallest absolute Gasteiger partial charge is 0.123 e. The maximum atomic E-state index is 6.17. The van der Waals surface area contributed by atoms with Crippen molar-refractivity contribution in [2.75, 3.05) is 6.26 Å². The molecular formula is C15H20N2S2. The third-order valence-corrected chi connectivity index (χ3v) is 4.62. The molecule has 2 rings (SSSR count). The Morgan fingerprint density at radius 1 is 1.26 bits per heavy atom. The molecule has 1 aromatic carbocycles. The summed E-state index contributed by atoms with van der Waals surface area (Å²) < 4.78 is 0. The predicted molar refractivity (Wildman–Crippen MR) is 85.7 cm³/mol. The summed E-state index contributed by atoms with van der Waals surface area (Å²) in [6.45, 7) is 4.38. The van der Waals surface area contributed by atoms with Gasteiger partial charge in [-0.3, -0.25) is 0 Å². The van der Waals surface area contributed by atoms with Crippen LogP contribution in [0.25, 0.3) is 10.6 Å². The highest BCUT2D eigenvalue weighted by Gasteiger charge is 2.13. The molecule has 102 valence electrons. The Bertz CT molecular complexity index is 517. The van der Waals surface area contributed by atoms with E-state index in [4.69, 9.17) is 5.73 Å². The van der Waals surface area contributed by atoms with E-state index >= 15 is 0 Å². The number of hydrogen-bond donors (Lipinski definition) is 1. The molecule has 0 fully saturated rings. The minimum absolute atomic E-state index is 0.0514. The van der Waals surface area contributed by atoms with Crippen LogP contribution in [0.2, 0.25) is 0 Å². The van der Waals surface area contributed by atoms with Gasteiger partial charge in [0.25, 0.3) is 0 Å². The van der Waals surface area contributed by atoms with Crippen molar-refractivity contribution in [1.82, 2.24) is 4.98 Å². The van der Waals surface area contributed by atoms with Gasteiger partial charge in [0.15, 0.2) is 0 Å². The largest absolute Gasteiger partial charge is 0.323 e. The summed E-state index contributed by atoms with van der Waals surface area (Å²) in [7, 11) is 0. The maximum Gasteiger partial charge on any atom is 0.123 e. The molecule has 4 heteroatoms. The lowest BCUT2D eigenvalue weighted by molar-refractivity contribution is 0.504. The summed E-state index contributed by atoms with van der Waals surface area (Å²) >= 11 is 3.43. The second-order valence-electron chi connectivity index (χ2n) is 5.04. The second kappa shape index (κ2) is 6.55. The first-order valence-corrected chi connectivity index (χ1v) is 8.56. The molecular weight excluding hydrogens is 272 g/mol. The minimum Gasteiger partial charge on any atom is -0.323 e. The summed E-state index contributed by atoms with van der Waals surface area (Å²) in [5, 5.41) is 3.15. The highest BCUT2D eigenvalue weighted by Crippen LogP contribution is 2.28. The number of thiazole rings is 1. The van der Waals surface area contributed by atoms with Crippen LogP contribution in [0.1, 0.15) is 32.0 Å². The van der Waals surface area contributed by atoms with Crippen LogP contribution in [-0.2, 0) is 0 Å². The molecule has 19 heavy (non-hydrogen) atoms. The maximum absolute atomic E-state index is 6.17.